The van der Waals surface area contributed by atoms with Gasteiger partial charge in [0, 0.05) is 18.1 Å². The van der Waals surface area contributed by atoms with Crippen LogP contribution in [0.2, 0.25) is 0 Å². The molecule has 1 rings (SSSR count). The number of nitrogens with one attached hydrogen (secondary N) is 1. The van der Waals surface area contributed by atoms with Gasteiger partial charge in [0.05, 0.1) is 0 Å². The highest BCUT2D eigenvalue weighted by Crippen LogP contribution is 2.35. The topological polar surface area (TPSA) is 52.6 Å². The highest BCUT2D eigenvalue weighted by atomic mass is 16.4. The van der Waals surface area contributed by atoms with Crippen molar-refractivity contribution < 1.29 is 9.90 Å². The number of carboxylic acid groups (broad SMARTS) is 1. The van der Waals surface area contributed by atoms with Gasteiger partial charge in [-0.1, -0.05) is 13.8 Å². The number of nitrogens with zero attached hydrogens (tertiary/aromatic N) is 1. The van der Waals surface area contributed by atoms with Gasteiger partial charge in [-0.05, 0) is 53.0 Å². The summed E-state index contributed by atoms with van der Waals surface area (Å²) in [5.41, 5.74) is -0.723. The molecule has 19 heavy (non-hydrogen) atoms. The van der Waals surface area contributed by atoms with E-state index in [1.54, 1.807) is 0 Å². The van der Waals surface area contributed by atoms with Crippen LogP contribution in [0.15, 0.2) is 0 Å². The van der Waals surface area contributed by atoms with E-state index in [1.165, 1.54) is 0 Å². The number of carbonyl (C=O) groups is 1. The molecule has 1 aliphatic rings. The average Bonchev–Trinajstić information content (AvgIpc) is 2.74. The van der Waals surface area contributed by atoms with E-state index in [9.17, 15) is 9.90 Å². The number of rotatable bonds is 7. The smallest absolute Gasteiger partial charge is 0.323 e. The summed E-state index contributed by atoms with van der Waals surface area (Å²) < 4.78 is 0. The predicted octanol–water partition coefficient (Wildman–Crippen LogP) is 2.48. The van der Waals surface area contributed by atoms with Crippen molar-refractivity contribution in [3.63, 3.8) is 0 Å². The summed E-state index contributed by atoms with van der Waals surface area (Å²) in [6.07, 6.45) is 3.54. The summed E-state index contributed by atoms with van der Waals surface area (Å²) in [5, 5.41) is 12.9. The molecule has 0 aliphatic heterocycles. The van der Waals surface area contributed by atoms with Gasteiger partial charge in [-0.25, -0.2) is 0 Å². The van der Waals surface area contributed by atoms with Gasteiger partial charge < -0.3 is 5.11 Å². The van der Waals surface area contributed by atoms with Crippen LogP contribution >= 0.6 is 0 Å². The zero-order valence-corrected chi connectivity index (χ0v) is 13.1. The van der Waals surface area contributed by atoms with E-state index >= 15 is 0 Å². The molecule has 0 amide bonds. The van der Waals surface area contributed by atoms with E-state index in [0.29, 0.717) is 12.1 Å². The molecule has 1 aliphatic carbocycles. The van der Waals surface area contributed by atoms with E-state index in [-0.39, 0.29) is 6.04 Å². The van der Waals surface area contributed by atoms with Crippen molar-refractivity contribution in [2.45, 2.75) is 84.0 Å². The van der Waals surface area contributed by atoms with E-state index in [4.69, 9.17) is 0 Å². The Bertz CT molecular complexity index is 307. The van der Waals surface area contributed by atoms with E-state index in [0.717, 1.165) is 32.2 Å². The first-order valence-electron chi connectivity index (χ1n) is 7.63. The Balaban J connectivity index is 2.80. The fourth-order valence-corrected chi connectivity index (χ4v) is 3.41. The Morgan fingerprint density at radius 2 is 2.05 bits per heavy atom. The molecule has 4 nitrogen and oxygen atoms in total. The average molecular weight is 270 g/mol. The van der Waals surface area contributed by atoms with E-state index < -0.39 is 11.5 Å². The monoisotopic (exact) mass is 270 g/mol. The molecule has 0 saturated heterocycles. The summed E-state index contributed by atoms with van der Waals surface area (Å²) in [4.78, 5) is 14.1. The van der Waals surface area contributed by atoms with Crippen molar-refractivity contribution in [3.8, 4) is 0 Å². The van der Waals surface area contributed by atoms with Gasteiger partial charge in [-0.2, -0.15) is 0 Å². The van der Waals surface area contributed by atoms with Gasteiger partial charge in [0.25, 0.3) is 0 Å². The predicted molar refractivity (Wildman–Crippen MR) is 78.4 cm³/mol. The van der Waals surface area contributed by atoms with Gasteiger partial charge >= 0.3 is 5.97 Å². The van der Waals surface area contributed by atoms with Crippen LogP contribution in [0, 0.1) is 0 Å². The highest BCUT2D eigenvalue weighted by Gasteiger charge is 2.47. The van der Waals surface area contributed by atoms with Gasteiger partial charge in [-0.3, -0.25) is 15.0 Å². The normalized spacial score (nSPS) is 29.1. The maximum absolute atomic E-state index is 11.7. The number of carboxylic acids is 1. The molecule has 1 saturated carbocycles. The van der Waals surface area contributed by atoms with Crippen molar-refractivity contribution >= 4 is 5.97 Å². The molecular weight excluding hydrogens is 240 g/mol. The van der Waals surface area contributed by atoms with Crippen LogP contribution in [-0.4, -0.2) is 46.2 Å². The van der Waals surface area contributed by atoms with Crippen molar-refractivity contribution in [2.75, 3.05) is 6.54 Å². The summed E-state index contributed by atoms with van der Waals surface area (Å²) in [6.45, 7) is 11.6. The zero-order valence-electron chi connectivity index (χ0n) is 13.1. The van der Waals surface area contributed by atoms with Crippen LogP contribution in [0.3, 0.4) is 0 Å². The van der Waals surface area contributed by atoms with Crippen LogP contribution in [0.4, 0.5) is 0 Å². The molecule has 0 radical (unpaired) electrons. The van der Waals surface area contributed by atoms with Crippen molar-refractivity contribution in [1.29, 1.82) is 0 Å². The summed E-state index contributed by atoms with van der Waals surface area (Å²) >= 11 is 0. The Morgan fingerprint density at radius 3 is 2.47 bits per heavy atom. The first-order valence-corrected chi connectivity index (χ1v) is 7.63. The van der Waals surface area contributed by atoms with Gasteiger partial charge in [0.1, 0.15) is 5.54 Å². The quantitative estimate of drug-likeness (QED) is 0.746. The second-order valence-corrected chi connectivity index (χ2v) is 6.17. The van der Waals surface area contributed by atoms with Gasteiger partial charge in [0.2, 0.25) is 0 Å². The lowest BCUT2D eigenvalue weighted by Crippen LogP contribution is -2.54. The molecule has 0 aromatic rings. The number of hydrogen-bond acceptors (Lipinski definition) is 3. The Labute approximate surface area is 117 Å². The minimum atomic E-state index is -0.723. The van der Waals surface area contributed by atoms with Crippen LogP contribution in [0.1, 0.15) is 60.3 Å². The van der Waals surface area contributed by atoms with E-state index in [2.05, 4.69) is 31.0 Å². The lowest BCUT2D eigenvalue weighted by Gasteiger charge is -2.35. The molecular formula is C15H30N2O2. The zero-order chi connectivity index (χ0) is 14.6. The van der Waals surface area contributed by atoms with Gasteiger partial charge in [0.15, 0.2) is 0 Å². The third-order valence-corrected chi connectivity index (χ3v) is 4.45. The molecule has 3 unspecified atom stereocenters. The minimum Gasteiger partial charge on any atom is -0.480 e. The number of hydrogen-bond donors (Lipinski definition) is 2. The molecule has 0 heterocycles. The van der Waals surface area contributed by atoms with Crippen LogP contribution < -0.4 is 5.32 Å². The SMILES string of the molecule is CCC(C)N(CC)C1CCC(NC(C)C)(C(=O)O)C1. The molecule has 2 N–H and O–H groups in total. The van der Waals surface area contributed by atoms with Crippen LogP contribution in [-0.2, 0) is 4.79 Å². The first-order chi connectivity index (χ1) is 8.86. The second kappa shape index (κ2) is 6.71. The second-order valence-electron chi connectivity index (χ2n) is 6.17. The standard InChI is InChI=1S/C15H30N2O2/c1-6-12(5)17(7-2)13-8-9-15(10-13,14(18)19)16-11(3)4/h11-13,16H,6-10H2,1-5H3,(H,18,19). The highest BCUT2D eigenvalue weighted by molar-refractivity contribution is 5.79. The van der Waals surface area contributed by atoms with Crippen LogP contribution in [0.5, 0.6) is 0 Å². The largest absolute Gasteiger partial charge is 0.480 e. The molecule has 0 aromatic carbocycles. The summed E-state index contributed by atoms with van der Waals surface area (Å²) in [6, 6.07) is 1.12. The third-order valence-electron chi connectivity index (χ3n) is 4.45. The first kappa shape index (κ1) is 16.4. The number of aliphatic carboxylic acids is 1. The minimum absolute atomic E-state index is 0.202. The summed E-state index contributed by atoms with van der Waals surface area (Å²) in [7, 11) is 0. The fraction of sp³-hybridized carbons (Fsp3) is 0.933. The molecule has 0 bridgehead atoms. The lowest BCUT2D eigenvalue weighted by atomic mass is 9.96. The molecule has 3 atom stereocenters. The maximum atomic E-state index is 11.7. The Morgan fingerprint density at radius 1 is 1.42 bits per heavy atom. The Kier molecular flexibility index (Phi) is 5.81. The van der Waals surface area contributed by atoms with Crippen molar-refractivity contribution in [1.82, 2.24) is 10.2 Å². The molecule has 0 aromatic heterocycles. The van der Waals surface area contributed by atoms with Crippen molar-refractivity contribution in [3.05, 3.63) is 0 Å². The summed E-state index contributed by atoms with van der Waals surface area (Å²) in [5.74, 6) is -0.691. The van der Waals surface area contributed by atoms with Crippen LogP contribution in [0.25, 0.3) is 0 Å². The lowest BCUT2D eigenvalue weighted by molar-refractivity contribution is -0.145. The molecule has 4 heteroatoms. The van der Waals surface area contributed by atoms with Crippen molar-refractivity contribution in [2.24, 2.45) is 0 Å². The fourth-order valence-electron chi connectivity index (χ4n) is 3.41. The third kappa shape index (κ3) is 3.69. The van der Waals surface area contributed by atoms with Gasteiger partial charge in [-0.15, -0.1) is 0 Å². The molecule has 1 fully saturated rings. The molecule has 112 valence electrons. The Hall–Kier alpha value is -0.610. The maximum Gasteiger partial charge on any atom is 0.323 e. The van der Waals surface area contributed by atoms with E-state index in [1.807, 2.05) is 13.8 Å². The molecule has 0 spiro atoms.